The summed E-state index contributed by atoms with van der Waals surface area (Å²) >= 11 is 0. The molecule has 1 saturated carbocycles. The first kappa shape index (κ1) is 16.8. The molecule has 0 bridgehead atoms. The zero-order valence-electron chi connectivity index (χ0n) is 14.5. The summed E-state index contributed by atoms with van der Waals surface area (Å²) in [6.07, 6.45) is 2.66. The molecule has 26 heavy (non-hydrogen) atoms. The van der Waals surface area contributed by atoms with Crippen molar-refractivity contribution in [2.75, 3.05) is 18.0 Å². The van der Waals surface area contributed by atoms with Gasteiger partial charge < -0.3 is 10.2 Å². The normalized spacial score (nSPS) is 16.9. The van der Waals surface area contributed by atoms with Crippen molar-refractivity contribution in [3.63, 3.8) is 0 Å². The lowest BCUT2D eigenvalue weighted by Gasteiger charge is -2.23. The van der Waals surface area contributed by atoms with Gasteiger partial charge in [-0.1, -0.05) is 30.3 Å². The van der Waals surface area contributed by atoms with Crippen LogP contribution in [0.4, 0.5) is 10.1 Å². The van der Waals surface area contributed by atoms with Gasteiger partial charge in [0.1, 0.15) is 11.2 Å². The maximum Gasteiger partial charge on any atom is 0.242 e. The Kier molecular flexibility index (Phi) is 4.23. The van der Waals surface area contributed by atoms with E-state index in [4.69, 9.17) is 0 Å². The zero-order valence-corrected chi connectivity index (χ0v) is 14.5. The van der Waals surface area contributed by atoms with Crippen molar-refractivity contribution in [2.45, 2.75) is 25.7 Å². The van der Waals surface area contributed by atoms with E-state index in [2.05, 4.69) is 5.32 Å². The summed E-state index contributed by atoms with van der Waals surface area (Å²) in [5.41, 5.74) is 2.15. The molecule has 1 N–H and O–H groups in total. The second-order valence-corrected chi connectivity index (χ2v) is 7.05. The first-order valence-electron chi connectivity index (χ1n) is 9.03. The predicted octanol–water partition coefficient (Wildman–Crippen LogP) is 2.85. The highest BCUT2D eigenvalue weighted by atomic mass is 19.1. The molecule has 0 saturated heterocycles. The Morgan fingerprint density at radius 2 is 1.81 bits per heavy atom. The molecule has 2 aliphatic rings. The third-order valence-electron chi connectivity index (χ3n) is 5.34. The number of amides is 2. The summed E-state index contributed by atoms with van der Waals surface area (Å²) in [6, 6.07) is 14.1. The van der Waals surface area contributed by atoms with Gasteiger partial charge in [0, 0.05) is 18.8 Å². The van der Waals surface area contributed by atoms with Gasteiger partial charge >= 0.3 is 0 Å². The molecule has 0 aromatic heterocycles. The fourth-order valence-corrected chi connectivity index (χ4v) is 3.61. The number of benzene rings is 2. The van der Waals surface area contributed by atoms with Crippen molar-refractivity contribution in [3.8, 4) is 0 Å². The Morgan fingerprint density at radius 3 is 2.54 bits per heavy atom. The standard InChI is InChI=1S/C21H21FN2O2/c22-17-7-5-15(6-8-17)9-13-23-19(25)21(11-12-21)20(26)24-14-10-16-3-1-2-4-18(16)24/h1-8H,9-14H2,(H,23,25). The molecule has 0 radical (unpaired) electrons. The van der Waals surface area contributed by atoms with Gasteiger partial charge in [-0.05, 0) is 55.0 Å². The molecule has 2 amide bonds. The van der Waals surface area contributed by atoms with E-state index in [9.17, 15) is 14.0 Å². The van der Waals surface area contributed by atoms with Crippen molar-refractivity contribution >= 4 is 17.5 Å². The number of hydrogen-bond donors (Lipinski definition) is 1. The van der Waals surface area contributed by atoms with Crippen molar-refractivity contribution in [2.24, 2.45) is 5.41 Å². The van der Waals surface area contributed by atoms with Crippen LogP contribution >= 0.6 is 0 Å². The average Bonchev–Trinajstić information content (AvgIpc) is 3.36. The van der Waals surface area contributed by atoms with Crippen molar-refractivity contribution in [1.29, 1.82) is 0 Å². The molecule has 0 unspecified atom stereocenters. The van der Waals surface area contributed by atoms with Gasteiger partial charge in [-0.15, -0.1) is 0 Å². The van der Waals surface area contributed by atoms with Gasteiger partial charge in [-0.2, -0.15) is 0 Å². The smallest absolute Gasteiger partial charge is 0.242 e. The van der Waals surface area contributed by atoms with Crippen molar-refractivity contribution in [1.82, 2.24) is 5.32 Å². The minimum Gasteiger partial charge on any atom is -0.355 e. The third kappa shape index (κ3) is 2.98. The number of halogens is 1. The molecule has 134 valence electrons. The quantitative estimate of drug-likeness (QED) is 0.842. The first-order chi connectivity index (χ1) is 12.6. The molecule has 1 aliphatic heterocycles. The number of hydrogen-bond acceptors (Lipinski definition) is 2. The molecule has 4 rings (SSSR count). The van der Waals surface area contributed by atoms with Crippen LogP contribution in [0.2, 0.25) is 0 Å². The van der Waals surface area contributed by atoms with E-state index in [0.29, 0.717) is 32.4 Å². The van der Waals surface area contributed by atoms with Crippen LogP contribution in [0.1, 0.15) is 24.0 Å². The molecular weight excluding hydrogens is 331 g/mol. The Labute approximate surface area is 152 Å². The van der Waals surface area contributed by atoms with E-state index in [1.807, 2.05) is 24.3 Å². The summed E-state index contributed by atoms with van der Waals surface area (Å²) in [6.45, 7) is 1.08. The van der Waals surface area contributed by atoms with Crippen LogP contribution in [0.25, 0.3) is 0 Å². The second-order valence-electron chi connectivity index (χ2n) is 7.05. The van der Waals surface area contributed by atoms with Gasteiger partial charge in [0.15, 0.2) is 0 Å². The third-order valence-corrected chi connectivity index (χ3v) is 5.34. The first-order valence-corrected chi connectivity index (χ1v) is 9.03. The van der Waals surface area contributed by atoms with E-state index in [1.54, 1.807) is 17.0 Å². The highest BCUT2D eigenvalue weighted by Crippen LogP contribution is 2.49. The van der Waals surface area contributed by atoms with Gasteiger partial charge in [-0.25, -0.2) is 4.39 Å². The summed E-state index contributed by atoms with van der Waals surface area (Å²) in [5, 5.41) is 2.90. The fourth-order valence-electron chi connectivity index (χ4n) is 3.61. The Bertz CT molecular complexity index is 843. The van der Waals surface area contributed by atoms with Gasteiger partial charge in [0.05, 0.1) is 0 Å². The molecule has 5 heteroatoms. The van der Waals surface area contributed by atoms with E-state index < -0.39 is 5.41 Å². The lowest BCUT2D eigenvalue weighted by atomic mass is 10.0. The highest BCUT2D eigenvalue weighted by molar-refractivity contribution is 6.14. The fraction of sp³-hybridized carbons (Fsp3) is 0.333. The van der Waals surface area contributed by atoms with E-state index >= 15 is 0 Å². The van der Waals surface area contributed by atoms with Crippen LogP contribution in [0, 0.1) is 11.2 Å². The van der Waals surface area contributed by atoms with Gasteiger partial charge in [0.25, 0.3) is 0 Å². The van der Waals surface area contributed by atoms with Crippen molar-refractivity contribution < 1.29 is 14.0 Å². The second kappa shape index (κ2) is 6.56. The predicted molar refractivity (Wildman–Crippen MR) is 97.3 cm³/mol. The molecule has 1 heterocycles. The van der Waals surface area contributed by atoms with E-state index in [-0.39, 0.29) is 17.6 Å². The maximum atomic E-state index is 13.0. The number of anilines is 1. The number of carbonyl (C=O) groups is 2. The number of para-hydroxylation sites is 1. The zero-order chi connectivity index (χ0) is 18.1. The maximum absolute atomic E-state index is 13.0. The van der Waals surface area contributed by atoms with Gasteiger partial charge in [0.2, 0.25) is 11.8 Å². The van der Waals surface area contributed by atoms with Crippen molar-refractivity contribution in [3.05, 3.63) is 65.5 Å². The summed E-state index contributed by atoms with van der Waals surface area (Å²) < 4.78 is 12.9. The Balaban J connectivity index is 1.38. The number of fused-ring (bicyclic) bond motifs is 1. The number of nitrogens with zero attached hydrogens (tertiary/aromatic N) is 1. The topological polar surface area (TPSA) is 49.4 Å². The van der Waals surface area contributed by atoms with Crippen LogP contribution in [0.15, 0.2) is 48.5 Å². The lowest BCUT2D eigenvalue weighted by Crippen LogP contribution is -2.45. The average molecular weight is 352 g/mol. The summed E-state index contributed by atoms with van der Waals surface area (Å²) in [7, 11) is 0. The van der Waals surface area contributed by atoms with Crippen LogP contribution in [-0.4, -0.2) is 24.9 Å². The van der Waals surface area contributed by atoms with Crippen LogP contribution < -0.4 is 10.2 Å². The van der Waals surface area contributed by atoms with Crippen LogP contribution in [0.5, 0.6) is 0 Å². The monoisotopic (exact) mass is 352 g/mol. The highest BCUT2D eigenvalue weighted by Gasteiger charge is 2.58. The van der Waals surface area contributed by atoms with Crippen LogP contribution in [0.3, 0.4) is 0 Å². The van der Waals surface area contributed by atoms with E-state index in [0.717, 1.165) is 23.2 Å². The van der Waals surface area contributed by atoms with Crippen LogP contribution in [-0.2, 0) is 22.4 Å². The molecule has 2 aromatic rings. The molecule has 4 nitrogen and oxygen atoms in total. The van der Waals surface area contributed by atoms with Gasteiger partial charge in [-0.3, -0.25) is 9.59 Å². The number of rotatable bonds is 5. The Morgan fingerprint density at radius 1 is 1.08 bits per heavy atom. The number of carbonyl (C=O) groups excluding carboxylic acids is 2. The molecule has 0 spiro atoms. The minimum absolute atomic E-state index is 0.0817. The molecule has 0 atom stereocenters. The summed E-state index contributed by atoms with van der Waals surface area (Å²) in [4.78, 5) is 27.5. The molecule has 1 aliphatic carbocycles. The number of nitrogens with one attached hydrogen (secondary N) is 1. The lowest BCUT2D eigenvalue weighted by molar-refractivity contribution is -0.135. The molecule has 1 fully saturated rings. The largest absolute Gasteiger partial charge is 0.355 e. The molecular formula is C21H21FN2O2. The molecule has 2 aromatic carbocycles. The SMILES string of the molecule is O=C(NCCc1ccc(F)cc1)C1(C(=O)N2CCc3ccccc32)CC1. The Hall–Kier alpha value is -2.69. The minimum atomic E-state index is -0.903. The summed E-state index contributed by atoms with van der Waals surface area (Å²) in [5.74, 6) is -0.540. The van der Waals surface area contributed by atoms with E-state index in [1.165, 1.54) is 12.1 Å².